The van der Waals surface area contributed by atoms with Gasteiger partial charge in [-0.1, -0.05) is 69.5 Å². The van der Waals surface area contributed by atoms with Crippen LogP contribution in [-0.4, -0.2) is 13.0 Å². The van der Waals surface area contributed by atoms with Crippen LogP contribution in [0.15, 0.2) is 65.6 Å². The Kier molecular flexibility index (Phi) is 5.48. The van der Waals surface area contributed by atoms with Crippen molar-refractivity contribution in [2.75, 3.05) is 0 Å². The minimum Gasteiger partial charge on any atom is -0.203 e. The summed E-state index contributed by atoms with van der Waals surface area (Å²) in [4.78, 5) is -0.833. The van der Waals surface area contributed by atoms with E-state index in [1.54, 1.807) is 60.7 Å². The maximum absolute atomic E-state index is 14.1. The summed E-state index contributed by atoms with van der Waals surface area (Å²) in [5.74, 6) is -9.56. The van der Waals surface area contributed by atoms with E-state index in [9.17, 15) is 22.0 Å². The lowest BCUT2D eigenvalue weighted by Crippen LogP contribution is -2.39. The average Bonchev–Trinajstić information content (AvgIpc) is 2.66. The van der Waals surface area contributed by atoms with Gasteiger partial charge in [0.15, 0.2) is 23.3 Å². The summed E-state index contributed by atoms with van der Waals surface area (Å²) >= 11 is -2.31. The molecule has 0 aliphatic carbocycles. The summed E-state index contributed by atoms with van der Waals surface area (Å²) in [6, 6.07) is 17.9. The van der Waals surface area contributed by atoms with E-state index >= 15 is 0 Å². The first kappa shape index (κ1) is 18.0. The lowest BCUT2D eigenvalue weighted by atomic mass is 10.3. The van der Waals surface area contributed by atoms with Gasteiger partial charge in [0, 0.05) is 0 Å². The highest BCUT2D eigenvalue weighted by molar-refractivity contribution is 8.28. The Labute approximate surface area is 148 Å². The second kappa shape index (κ2) is 7.61. The first-order valence-corrected chi connectivity index (χ1v) is 10.7. The molecule has 0 saturated heterocycles. The van der Waals surface area contributed by atoms with Crippen LogP contribution in [0.4, 0.5) is 22.0 Å². The molecule has 3 aromatic rings. The molecule has 7 heteroatoms. The highest BCUT2D eigenvalue weighted by atomic mass is 32.3. The summed E-state index contributed by atoms with van der Waals surface area (Å²) < 4.78 is 70.0. The van der Waals surface area contributed by atoms with Crippen LogP contribution in [0.5, 0.6) is 0 Å². The van der Waals surface area contributed by atoms with Gasteiger partial charge in [-0.25, -0.2) is 32.1 Å². The van der Waals surface area contributed by atoms with E-state index < -0.39 is 47.0 Å². The molecule has 0 aliphatic heterocycles. The fraction of sp³-hybridized carbons (Fsp3) is 0. The first-order valence-electron chi connectivity index (χ1n) is 7.28. The molecule has 0 heterocycles. The van der Waals surface area contributed by atoms with Crippen molar-refractivity contribution in [3.05, 3.63) is 89.7 Å². The van der Waals surface area contributed by atoms with E-state index in [0.29, 0.717) is 0 Å². The molecule has 0 atom stereocenters. The quantitative estimate of drug-likeness (QED) is 0.282. The Balaban J connectivity index is 2.12. The minimum atomic E-state index is -2.31. The van der Waals surface area contributed by atoms with Gasteiger partial charge in [-0.3, -0.25) is 0 Å². The highest BCUT2D eigenvalue weighted by Crippen LogP contribution is 2.32. The number of hydrogen-bond acceptors (Lipinski definition) is 1. The third kappa shape index (κ3) is 3.59. The molecule has 0 saturated carbocycles. The molecule has 0 amide bonds. The highest BCUT2D eigenvalue weighted by Gasteiger charge is 2.32. The van der Waals surface area contributed by atoms with E-state index in [-0.39, 0.29) is 0 Å². The number of benzene rings is 3. The zero-order valence-corrected chi connectivity index (χ0v) is 14.6. The SMILES string of the molecule is Fc1c(F)c(F)c([S][Al]([c]2ccccc2)[c]2ccccc2)c(F)c1F. The van der Waals surface area contributed by atoms with Crippen LogP contribution in [0.2, 0.25) is 0 Å². The predicted molar refractivity (Wildman–Crippen MR) is 90.0 cm³/mol. The number of hydrogen-bond donors (Lipinski definition) is 0. The fourth-order valence-electron chi connectivity index (χ4n) is 2.39. The smallest absolute Gasteiger partial charge is 0.203 e. The summed E-state index contributed by atoms with van der Waals surface area (Å²) in [5, 5.41) is 0. The second-order valence-electron chi connectivity index (χ2n) is 5.22. The van der Waals surface area contributed by atoms with Gasteiger partial charge in [-0.2, -0.15) is 0 Å². The summed E-state index contributed by atoms with van der Waals surface area (Å²) in [6.07, 6.45) is 0. The van der Waals surface area contributed by atoms with Crippen LogP contribution < -0.4 is 8.85 Å². The lowest BCUT2D eigenvalue weighted by molar-refractivity contribution is 0.361. The van der Waals surface area contributed by atoms with Gasteiger partial charge in [0.25, 0.3) is 0 Å². The molecule has 25 heavy (non-hydrogen) atoms. The molecule has 0 radical (unpaired) electrons. The van der Waals surface area contributed by atoms with Gasteiger partial charge in [0.2, 0.25) is 5.82 Å². The van der Waals surface area contributed by atoms with Crippen molar-refractivity contribution < 1.29 is 22.0 Å². The van der Waals surface area contributed by atoms with Gasteiger partial charge < -0.3 is 0 Å². The Morgan fingerprint density at radius 1 is 0.520 bits per heavy atom. The molecule has 0 N–H and O–H groups in total. The maximum Gasteiger partial charge on any atom is 0.433 e. The molecular weight excluding hydrogens is 370 g/mol. The average molecular weight is 380 g/mol. The molecular formula is C18H10AlF5S. The van der Waals surface area contributed by atoms with Crippen molar-refractivity contribution in [2.45, 2.75) is 4.90 Å². The van der Waals surface area contributed by atoms with Crippen LogP contribution in [0.25, 0.3) is 0 Å². The summed E-state index contributed by atoms with van der Waals surface area (Å²) in [5.41, 5.74) is 0. The van der Waals surface area contributed by atoms with E-state index in [2.05, 4.69) is 0 Å². The minimum absolute atomic E-state index is 0.727. The second-order valence-corrected chi connectivity index (χ2v) is 10.1. The van der Waals surface area contributed by atoms with E-state index in [1.807, 2.05) is 0 Å². The van der Waals surface area contributed by atoms with E-state index in [0.717, 1.165) is 19.0 Å². The Bertz CT molecular complexity index is 818. The van der Waals surface area contributed by atoms with Crippen LogP contribution in [-0.2, 0) is 0 Å². The van der Waals surface area contributed by atoms with Crippen molar-refractivity contribution >= 4 is 32.0 Å². The Morgan fingerprint density at radius 3 is 1.28 bits per heavy atom. The molecule has 0 nitrogen and oxygen atoms in total. The normalized spacial score (nSPS) is 10.8. The standard InChI is InChI=1S/C6HF5S.2C6H5.Al/c7-1-2(8)4(10)6(12)5(11)3(1)9;2*1-2-4-6-5-3-1;/h12H;2*1-5H;/q;;;+1/p-1. The van der Waals surface area contributed by atoms with Gasteiger partial charge in [0.05, 0.1) is 4.90 Å². The van der Waals surface area contributed by atoms with Crippen LogP contribution >= 0.6 is 10.1 Å². The van der Waals surface area contributed by atoms with Gasteiger partial charge in [-0.15, -0.1) is 0 Å². The zero-order chi connectivity index (χ0) is 18.0. The molecule has 126 valence electrons. The van der Waals surface area contributed by atoms with Crippen molar-refractivity contribution in [3.63, 3.8) is 0 Å². The Morgan fingerprint density at radius 2 is 0.880 bits per heavy atom. The fourth-order valence-corrected chi connectivity index (χ4v) is 7.90. The van der Waals surface area contributed by atoms with E-state index in [1.165, 1.54) is 0 Å². The Hall–Kier alpha value is -1.81. The number of halogens is 5. The monoisotopic (exact) mass is 380 g/mol. The van der Waals surface area contributed by atoms with Crippen LogP contribution in [0, 0.1) is 29.1 Å². The predicted octanol–water partition coefficient (Wildman–Crippen LogP) is 4.28. The van der Waals surface area contributed by atoms with Gasteiger partial charge >= 0.3 is 13.0 Å². The first-order chi connectivity index (χ1) is 12.0. The molecule has 0 bridgehead atoms. The molecule has 0 aromatic heterocycles. The van der Waals surface area contributed by atoms with Crippen LogP contribution in [0.3, 0.4) is 0 Å². The third-order valence-corrected chi connectivity index (χ3v) is 9.47. The zero-order valence-electron chi connectivity index (χ0n) is 12.6. The third-order valence-electron chi connectivity index (χ3n) is 3.61. The largest absolute Gasteiger partial charge is 0.433 e. The summed E-state index contributed by atoms with van der Waals surface area (Å²) in [6.45, 7) is 0. The van der Waals surface area contributed by atoms with E-state index in [4.69, 9.17) is 0 Å². The molecule has 0 fully saturated rings. The molecule has 3 rings (SSSR count). The molecule has 0 aliphatic rings. The van der Waals surface area contributed by atoms with Crippen molar-refractivity contribution in [2.24, 2.45) is 0 Å². The van der Waals surface area contributed by atoms with Crippen molar-refractivity contribution in [1.29, 1.82) is 0 Å². The summed E-state index contributed by atoms with van der Waals surface area (Å²) in [7, 11) is 0.727. The molecule has 3 aromatic carbocycles. The lowest BCUT2D eigenvalue weighted by Gasteiger charge is -2.15. The van der Waals surface area contributed by atoms with Crippen molar-refractivity contribution in [3.8, 4) is 0 Å². The molecule has 0 unspecified atom stereocenters. The molecule has 0 spiro atoms. The van der Waals surface area contributed by atoms with Gasteiger partial charge in [0.1, 0.15) is 0 Å². The number of rotatable bonds is 4. The van der Waals surface area contributed by atoms with Gasteiger partial charge in [-0.05, 0) is 0 Å². The maximum atomic E-state index is 14.1. The van der Waals surface area contributed by atoms with Crippen LogP contribution in [0.1, 0.15) is 0 Å². The topological polar surface area (TPSA) is 0 Å². The van der Waals surface area contributed by atoms with Crippen molar-refractivity contribution in [1.82, 2.24) is 0 Å².